The fraction of sp³-hybridized carbons (Fsp3) is 0.455. The molecule has 0 aliphatic heterocycles. The Morgan fingerprint density at radius 2 is 1.93 bits per heavy atom. The van der Waals surface area contributed by atoms with Crippen molar-refractivity contribution in [2.75, 3.05) is 24.7 Å². The largest absolute Gasteiger partial charge is 0.493 e. The average Bonchev–Trinajstić information content (AvgIpc) is 2.25. The third kappa shape index (κ3) is 5.14. The van der Waals surface area contributed by atoms with Crippen LogP contribution in [-0.2, 0) is 0 Å². The zero-order valence-corrected chi connectivity index (χ0v) is 9.13. The molecule has 1 rings (SSSR count). The molecule has 2 nitrogen and oxygen atoms in total. The van der Waals surface area contributed by atoms with Gasteiger partial charge in [-0.2, -0.15) is 11.8 Å². The Morgan fingerprint density at radius 1 is 1.14 bits per heavy atom. The third-order valence-electron chi connectivity index (χ3n) is 1.73. The summed E-state index contributed by atoms with van der Waals surface area (Å²) in [6.07, 6.45) is 1.09. The maximum atomic E-state index is 5.53. The van der Waals surface area contributed by atoms with E-state index >= 15 is 0 Å². The molecule has 78 valence electrons. The van der Waals surface area contributed by atoms with E-state index in [-0.39, 0.29) is 0 Å². The summed E-state index contributed by atoms with van der Waals surface area (Å²) in [4.78, 5) is 0. The molecule has 0 bridgehead atoms. The van der Waals surface area contributed by atoms with Crippen molar-refractivity contribution < 1.29 is 4.74 Å². The van der Waals surface area contributed by atoms with Crippen LogP contribution in [0.1, 0.15) is 6.42 Å². The molecule has 0 saturated carbocycles. The Labute approximate surface area is 89.8 Å². The molecule has 0 spiro atoms. The molecule has 0 aliphatic rings. The van der Waals surface area contributed by atoms with Gasteiger partial charge in [-0.25, -0.2) is 0 Å². The second-order valence-electron chi connectivity index (χ2n) is 2.92. The minimum Gasteiger partial charge on any atom is -0.493 e. The zero-order valence-electron chi connectivity index (χ0n) is 8.32. The van der Waals surface area contributed by atoms with E-state index < -0.39 is 0 Å². The predicted molar refractivity (Wildman–Crippen MR) is 62.9 cm³/mol. The standard InChI is InChI=1S/C11H17NOS/c12-7-4-9-14-10-8-13-11-5-2-1-3-6-11/h1-3,5-6H,4,7-10,12H2. The van der Waals surface area contributed by atoms with E-state index in [9.17, 15) is 0 Å². The summed E-state index contributed by atoms with van der Waals surface area (Å²) >= 11 is 1.89. The van der Waals surface area contributed by atoms with Crippen LogP contribution in [0.25, 0.3) is 0 Å². The Hall–Kier alpha value is -0.670. The van der Waals surface area contributed by atoms with E-state index in [2.05, 4.69) is 0 Å². The van der Waals surface area contributed by atoms with Gasteiger partial charge >= 0.3 is 0 Å². The van der Waals surface area contributed by atoms with Crippen molar-refractivity contribution >= 4 is 11.8 Å². The van der Waals surface area contributed by atoms with Gasteiger partial charge in [0.2, 0.25) is 0 Å². The molecule has 0 aliphatic carbocycles. The van der Waals surface area contributed by atoms with E-state index in [1.54, 1.807) is 0 Å². The predicted octanol–water partition coefficient (Wildman–Crippen LogP) is 2.15. The molecule has 1 aromatic rings. The van der Waals surface area contributed by atoms with Gasteiger partial charge in [0.15, 0.2) is 0 Å². The lowest BCUT2D eigenvalue weighted by molar-refractivity contribution is 0.344. The molecule has 0 saturated heterocycles. The monoisotopic (exact) mass is 211 g/mol. The van der Waals surface area contributed by atoms with E-state index in [0.717, 1.165) is 36.8 Å². The van der Waals surface area contributed by atoms with E-state index in [0.29, 0.717) is 0 Å². The molecule has 0 radical (unpaired) electrons. The fourth-order valence-electron chi connectivity index (χ4n) is 1.02. The Bertz CT molecular complexity index is 228. The SMILES string of the molecule is NCCCSCCOc1ccccc1. The van der Waals surface area contributed by atoms with Crippen LogP contribution in [0, 0.1) is 0 Å². The molecule has 0 aromatic heterocycles. The summed E-state index contributed by atoms with van der Waals surface area (Å²) < 4.78 is 5.53. The van der Waals surface area contributed by atoms with Crippen LogP contribution in [0.15, 0.2) is 30.3 Å². The van der Waals surface area contributed by atoms with Crippen LogP contribution in [0.5, 0.6) is 5.75 Å². The maximum Gasteiger partial charge on any atom is 0.119 e. The van der Waals surface area contributed by atoms with Crippen LogP contribution in [0.4, 0.5) is 0 Å². The lowest BCUT2D eigenvalue weighted by Crippen LogP contribution is -2.03. The highest BCUT2D eigenvalue weighted by Crippen LogP contribution is 2.09. The van der Waals surface area contributed by atoms with Gasteiger partial charge in [0.05, 0.1) is 6.61 Å². The summed E-state index contributed by atoms with van der Waals surface area (Å²) in [5.41, 5.74) is 5.39. The second-order valence-corrected chi connectivity index (χ2v) is 4.14. The van der Waals surface area contributed by atoms with E-state index in [4.69, 9.17) is 10.5 Å². The summed E-state index contributed by atoms with van der Waals surface area (Å²) in [5, 5.41) is 0. The first-order chi connectivity index (χ1) is 6.93. The number of thioether (sulfide) groups is 1. The summed E-state index contributed by atoms with van der Waals surface area (Å²) in [6, 6.07) is 9.91. The van der Waals surface area contributed by atoms with Crippen LogP contribution in [0.3, 0.4) is 0 Å². The van der Waals surface area contributed by atoms with E-state index in [1.165, 1.54) is 0 Å². The number of hydrogen-bond donors (Lipinski definition) is 1. The van der Waals surface area contributed by atoms with Gasteiger partial charge in [-0.3, -0.25) is 0 Å². The molecular weight excluding hydrogens is 194 g/mol. The van der Waals surface area contributed by atoms with Crippen molar-refractivity contribution in [2.24, 2.45) is 5.73 Å². The van der Waals surface area contributed by atoms with Crippen molar-refractivity contribution in [3.63, 3.8) is 0 Å². The normalized spacial score (nSPS) is 10.1. The molecule has 1 aromatic carbocycles. The van der Waals surface area contributed by atoms with Crippen molar-refractivity contribution in [1.29, 1.82) is 0 Å². The van der Waals surface area contributed by atoms with Crippen LogP contribution in [-0.4, -0.2) is 24.7 Å². The highest BCUT2D eigenvalue weighted by Gasteiger charge is 1.91. The fourth-order valence-corrected chi connectivity index (χ4v) is 1.80. The molecule has 14 heavy (non-hydrogen) atoms. The Morgan fingerprint density at radius 3 is 2.64 bits per heavy atom. The summed E-state index contributed by atoms with van der Waals surface area (Å²) in [6.45, 7) is 1.56. The first-order valence-electron chi connectivity index (χ1n) is 4.89. The molecule has 2 N–H and O–H groups in total. The Kier molecular flexibility index (Phi) is 6.28. The molecule has 0 amide bonds. The average molecular weight is 211 g/mol. The zero-order chi connectivity index (χ0) is 10.1. The minimum absolute atomic E-state index is 0.777. The van der Waals surface area contributed by atoms with Gasteiger partial charge < -0.3 is 10.5 Å². The number of nitrogens with two attached hydrogens (primary N) is 1. The highest BCUT2D eigenvalue weighted by atomic mass is 32.2. The lowest BCUT2D eigenvalue weighted by Gasteiger charge is -2.04. The summed E-state index contributed by atoms with van der Waals surface area (Å²) in [7, 11) is 0. The molecule has 3 heteroatoms. The molecular formula is C11H17NOS. The third-order valence-corrected chi connectivity index (χ3v) is 2.77. The van der Waals surface area contributed by atoms with Crippen molar-refractivity contribution in [2.45, 2.75) is 6.42 Å². The molecule has 0 fully saturated rings. The number of hydrogen-bond acceptors (Lipinski definition) is 3. The van der Waals surface area contributed by atoms with Crippen molar-refractivity contribution in [3.05, 3.63) is 30.3 Å². The van der Waals surface area contributed by atoms with Crippen LogP contribution >= 0.6 is 11.8 Å². The lowest BCUT2D eigenvalue weighted by atomic mass is 10.3. The van der Waals surface area contributed by atoms with E-state index in [1.807, 2.05) is 42.1 Å². The van der Waals surface area contributed by atoms with Gasteiger partial charge in [0.1, 0.15) is 5.75 Å². The van der Waals surface area contributed by atoms with Gasteiger partial charge in [0.25, 0.3) is 0 Å². The number of benzene rings is 1. The highest BCUT2D eigenvalue weighted by molar-refractivity contribution is 7.99. The summed E-state index contributed by atoms with van der Waals surface area (Å²) in [5.74, 6) is 3.12. The minimum atomic E-state index is 0.777. The Balaban J connectivity index is 1.99. The maximum absolute atomic E-state index is 5.53. The molecule has 0 heterocycles. The second kappa shape index (κ2) is 7.71. The van der Waals surface area contributed by atoms with Crippen LogP contribution < -0.4 is 10.5 Å². The van der Waals surface area contributed by atoms with Gasteiger partial charge in [-0.05, 0) is 30.9 Å². The van der Waals surface area contributed by atoms with Gasteiger partial charge in [-0.15, -0.1) is 0 Å². The quantitative estimate of drug-likeness (QED) is 0.702. The first-order valence-corrected chi connectivity index (χ1v) is 6.04. The van der Waals surface area contributed by atoms with Crippen LogP contribution in [0.2, 0.25) is 0 Å². The number of para-hydroxylation sites is 1. The molecule has 0 unspecified atom stereocenters. The number of rotatable bonds is 7. The number of ether oxygens (including phenoxy) is 1. The van der Waals surface area contributed by atoms with Gasteiger partial charge in [-0.1, -0.05) is 18.2 Å². The van der Waals surface area contributed by atoms with Gasteiger partial charge in [0, 0.05) is 5.75 Å². The van der Waals surface area contributed by atoms with Crippen molar-refractivity contribution in [3.8, 4) is 5.75 Å². The molecule has 0 atom stereocenters. The van der Waals surface area contributed by atoms with Crippen molar-refractivity contribution in [1.82, 2.24) is 0 Å². The smallest absolute Gasteiger partial charge is 0.119 e. The first kappa shape index (κ1) is 11.4. The topological polar surface area (TPSA) is 35.2 Å².